The van der Waals surface area contributed by atoms with Crippen LogP contribution in [0.3, 0.4) is 0 Å². The van der Waals surface area contributed by atoms with Crippen LogP contribution in [0.5, 0.6) is 0 Å². The maximum atomic E-state index is 12.9. The van der Waals surface area contributed by atoms with Gasteiger partial charge in [-0.05, 0) is 43.6 Å². The molecule has 1 fully saturated rings. The van der Waals surface area contributed by atoms with Crippen LogP contribution in [0.2, 0.25) is 0 Å². The van der Waals surface area contributed by atoms with Crippen molar-refractivity contribution in [2.24, 2.45) is 5.41 Å². The number of hydrogen-bond acceptors (Lipinski definition) is 3. The van der Waals surface area contributed by atoms with Crippen molar-refractivity contribution in [3.63, 3.8) is 0 Å². The van der Waals surface area contributed by atoms with E-state index < -0.39 is 5.41 Å². The van der Waals surface area contributed by atoms with Gasteiger partial charge >= 0.3 is 0 Å². The predicted octanol–water partition coefficient (Wildman–Crippen LogP) is 3.21. The van der Waals surface area contributed by atoms with E-state index in [1.807, 2.05) is 60.7 Å². The number of anilines is 1. The fourth-order valence-corrected chi connectivity index (χ4v) is 3.07. The van der Waals surface area contributed by atoms with E-state index in [4.69, 9.17) is 4.74 Å². The molecule has 24 heavy (non-hydrogen) atoms. The standard InChI is InChI=1S/C20H24N2O2/c23-19(22-18-9-5-2-6-10-18)20(11-13-21-14-12-20)16-24-15-17-7-3-1-4-8-17/h1-10,21H,11-16H2,(H,22,23). The number of rotatable bonds is 6. The van der Waals surface area contributed by atoms with Gasteiger partial charge < -0.3 is 15.4 Å². The van der Waals surface area contributed by atoms with Crippen LogP contribution in [0.1, 0.15) is 18.4 Å². The molecule has 0 unspecified atom stereocenters. The van der Waals surface area contributed by atoms with Gasteiger partial charge in [-0.3, -0.25) is 4.79 Å². The van der Waals surface area contributed by atoms with Crippen LogP contribution in [0.25, 0.3) is 0 Å². The summed E-state index contributed by atoms with van der Waals surface area (Å²) >= 11 is 0. The number of hydrogen-bond donors (Lipinski definition) is 2. The lowest BCUT2D eigenvalue weighted by molar-refractivity contribution is -0.131. The molecule has 3 rings (SSSR count). The van der Waals surface area contributed by atoms with E-state index in [2.05, 4.69) is 10.6 Å². The summed E-state index contributed by atoms with van der Waals surface area (Å²) in [6.45, 7) is 2.67. The van der Waals surface area contributed by atoms with Crippen LogP contribution in [0.15, 0.2) is 60.7 Å². The van der Waals surface area contributed by atoms with Crippen LogP contribution in [-0.4, -0.2) is 25.6 Å². The summed E-state index contributed by atoms with van der Waals surface area (Å²) in [7, 11) is 0. The molecule has 4 heteroatoms. The van der Waals surface area contributed by atoms with Gasteiger partial charge in [-0.15, -0.1) is 0 Å². The highest BCUT2D eigenvalue weighted by molar-refractivity contribution is 5.95. The summed E-state index contributed by atoms with van der Waals surface area (Å²) in [6.07, 6.45) is 1.58. The van der Waals surface area contributed by atoms with Crippen molar-refractivity contribution < 1.29 is 9.53 Å². The van der Waals surface area contributed by atoms with E-state index in [9.17, 15) is 4.79 Å². The normalized spacial score (nSPS) is 16.5. The second kappa shape index (κ2) is 8.08. The van der Waals surface area contributed by atoms with Gasteiger partial charge in [0, 0.05) is 5.69 Å². The molecule has 1 heterocycles. The largest absolute Gasteiger partial charge is 0.376 e. The molecule has 4 nitrogen and oxygen atoms in total. The zero-order valence-corrected chi connectivity index (χ0v) is 13.8. The number of carbonyl (C=O) groups excluding carboxylic acids is 1. The van der Waals surface area contributed by atoms with E-state index in [0.29, 0.717) is 13.2 Å². The molecule has 1 saturated heterocycles. The van der Waals surface area contributed by atoms with Gasteiger partial charge in [0.2, 0.25) is 5.91 Å². The Labute approximate surface area is 143 Å². The molecule has 2 N–H and O–H groups in total. The van der Waals surface area contributed by atoms with Gasteiger partial charge in [-0.25, -0.2) is 0 Å². The summed E-state index contributed by atoms with van der Waals surface area (Å²) < 4.78 is 5.93. The lowest BCUT2D eigenvalue weighted by Crippen LogP contribution is -2.47. The van der Waals surface area contributed by atoms with Crippen molar-refractivity contribution in [2.45, 2.75) is 19.4 Å². The van der Waals surface area contributed by atoms with Gasteiger partial charge in [-0.2, -0.15) is 0 Å². The predicted molar refractivity (Wildman–Crippen MR) is 95.7 cm³/mol. The number of ether oxygens (including phenoxy) is 1. The fraction of sp³-hybridized carbons (Fsp3) is 0.350. The molecule has 0 aromatic heterocycles. The van der Waals surface area contributed by atoms with E-state index >= 15 is 0 Å². The first-order chi connectivity index (χ1) is 11.8. The van der Waals surface area contributed by atoms with Crippen LogP contribution in [-0.2, 0) is 16.1 Å². The monoisotopic (exact) mass is 324 g/mol. The highest BCUT2D eigenvalue weighted by atomic mass is 16.5. The molecule has 1 aliphatic heterocycles. The minimum atomic E-state index is -0.462. The molecule has 2 aromatic carbocycles. The van der Waals surface area contributed by atoms with Crippen LogP contribution >= 0.6 is 0 Å². The van der Waals surface area contributed by atoms with Gasteiger partial charge in [-0.1, -0.05) is 48.5 Å². The molecule has 0 bridgehead atoms. The first-order valence-electron chi connectivity index (χ1n) is 8.47. The lowest BCUT2D eigenvalue weighted by atomic mass is 9.78. The maximum absolute atomic E-state index is 12.9. The zero-order valence-electron chi connectivity index (χ0n) is 13.8. The van der Waals surface area contributed by atoms with Gasteiger partial charge in [0.15, 0.2) is 0 Å². The second-order valence-corrected chi connectivity index (χ2v) is 6.33. The molecule has 1 amide bonds. The number of para-hydroxylation sites is 1. The van der Waals surface area contributed by atoms with E-state index in [0.717, 1.165) is 37.2 Å². The number of nitrogens with one attached hydrogen (secondary N) is 2. The number of piperidine rings is 1. The van der Waals surface area contributed by atoms with Crippen molar-refractivity contribution >= 4 is 11.6 Å². The van der Waals surface area contributed by atoms with Crippen LogP contribution in [0.4, 0.5) is 5.69 Å². The fourth-order valence-electron chi connectivity index (χ4n) is 3.07. The summed E-state index contributed by atoms with van der Waals surface area (Å²) in [6, 6.07) is 19.7. The lowest BCUT2D eigenvalue weighted by Gasteiger charge is -2.36. The van der Waals surface area contributed by atoms with E-state index in [1.54, 1.807) is 0 Å². The number of carbonyl (C=O) groups is 1. The maximum Gasteiger partial charge on any atom is 0.233 e. The Balaban J connectivity index is 1.64. The Morgan fingerprint density at radius 2 is 1.62 bits per heavy atom. The molecule has 126 valence electrons. The average Bonchev–Trinajstić information content (AvgIpc) is 2.64. The Hall–Kier alpha value is -2.17. The minimum absolute atomic E-state index is 0.0586. The highest BCUT2D eigenvalue weighted by Crippen LogP contribution is 2.31. The van der Waals surface area contributed by atoms with Gasteiger partial charge in [0.1, 0.15) is 0 Å². The van der Waals surface area contributed by atoms with E-state index in [-0.39, 0.29) is 5.91 Å². The summed E-state index contributed by atoms with van der Waals surface area (Å²) in [5, 5.41) is 6.39. The highest BCUT2D eigenvalue weighted by Gasteiger charge is 2.39. The Morgan fingerprint density at radius 1 is 1.00 bits per heavy atom. The molecule has 0 radical (unpaired) electrons. The molecule has 0 saturated carbocycles. The molecule has 0 spiro atoms. The van der Waals surface area contributed by atoms with Gasteiger partial charge in [0.05, 0.1) is 18.6 Å². The Bertz CT molecular complexity index is 637. The second-order valence-electron chi connectivity index (χ2n) is 6.33. The van der Waals surface area contributed by atoms with E-state index in [1.165, 1.54) is 0 Å². The summed E-state index contributed by atoms with van der Waals surface area (Å²) in [5.74, 6) is 0.0586. The SMILES string of the molecule is O=C(Nc1ccccc1)C1(COCc2ccccc2)CCNCC1. The minimum Gasteiger partial charge on any atom is -0.376 e. The number of benzene rings is 2. The topological polar surface area (TPSA) is 50.4 Å². The van der Waals surface area contributed by atoms with Crippen molar-refractivity contribution in [3.8, 4) is 0 Å². The smallest absolute Gasteiger partial charge is 0.233 e. The van der Waals surface area contributed by atoms with Crippen molar-refractivity contribution in [1.29, 1.82) is 0 Å². The molecule has 2 aromatic rings. The number of amides is 1. The summed E-state index contributed by atoms with van der Waals surface area (Å²) in [4.78, 5) is 12.9. The molecular weight excluding hydrogens is 300 g/mol. The molecule has 0 aliphatic carbocycles. The van der Waals surface area contributed by atoms with Crippen LogP contribution in [0, 0.1) is 5.41 Å². The van der Waals surface area contributed by atoms with Gasteiger partial charge in [0.25, 0.3) is 0 Å². The average molecular weight is 324 g/mol. The van der Waals surface area contributed by atoms with Crippen LogP contribution < -0.4 is 10.6 Å². The third-order valence-electron chi connectivity index (χ3n) is 4.56. The molecule has 1 aliphatic rings. The van der Waals surface area contributed by atoms with Crippen molar-refractivity contribution in [2.75, 3.05) is 25.0 Å². The Morgan fingerprint density at radius 3 is 2.29 bits per heavy atom. The third kappa shape index (κ3) is 4.22. The summed E-state index contributed by atoms with van der Waals surface area (Å²) in [5.41, 5.74) is 1.50. The van der Waals surface area contributed by atoms with Crippen molar-refractivity contribution in [3.05, 3.63) is 66.2 Å². The first kappa shape index (κ1) is 16.7. The Kier molecular flexibility index (Phi) is 5.62. The molecular formula is C20H24N2O2. The zero-order chi connectivity index (χ0) is 16.7. The van der Waals surface area contributed by atoms with Crippen molar-refractivity contribution in [1.82, 2.24) is 5.32 Å². The molecule has 0 atom stereocenters. The first-order valence-corrected chi connectivity index (χ1v) is 8.47. The third-order valence-corrected chi connectivity index (χ3v) is 4.56. The quantitative estimate of drug-likeness (QED) is 0.858.